The van der Waals surface area contributed by atoms with Crippen LogP contribution in [0.5, 0.6) is 0 Å². The molecule has 0 aromatic heterocycles. The van der Waals surface area contributed by atoms with Crippen molar-refractivity contribution in [1.82, 2.24) is 0 Å². The van der Waals surface area contributed by atoms with Crippen LogP contribution in [0.1, 0.15) is 11.1 Å². The maximum absolute atomic E-state index is 12.1. The highest BCUT2D eigenvalue weighted by Gasteiger charge is 2.06. The molecule has 0 bridgehead atoms. The van der Waals surface area contributed by atoms with Gasteiger partial charge in [-0.2, -0.15) is 0 Å². The molecule has 0 aliphatic rings. The van der Waals surface area contributed by atoms with Gasteiger partial charge in [0, 0.05) is 18.5 Å². The van der Waals surface area contributed by atoms with Crippen molar-refractivity contribution in [3.8, 4) is 0 Å². The summed E-state index contributed by atoms with van der Waals surface area (Å²) in [5, 5.41) is 5.54. The zero-order chi connectivity index (χ0) is 16.7. The van der Waals surface area contributed by atoms with Crippen molar-refractivity contribution in [2.75, 3.05) is 24.4 Å². The Morgan fingerprint density at radius 2 is 1.48 bits per heavy atom. The normalized spacial score (nSPS) is 10.2. The maximum Gasteiger partial charge on any atom is 0.250 e. The highest BCUT2D eigenvalue weighted by molar-refractivity contribution is 5.94. The van der Waals surface area contributed by atoms with Gasteiger partial charge in [-0.1, -0.05) is 24.3 Å². The lowest BCUT2D eigenvalue weighted by Crippen LogP contribution is -2.17. The van der Waals surface area contributed by atoms with Gasteiger partial charge in [0.05, 0.1) is 6.42 Å². The average Bonchev–Trinajstić information content (AvgIpc) is 2.52. The smallest absolute Gasteiger partial charge is 0.250 e. The van der Waals surface area contributed by atoms with E-state index in [1.165, 1.54) is 7.11 Å². The second-order valence-corrected chi connectivity index (χ2v) is 5.21. The molecule has 120 valence electrons. The van der Waals surface area contributed by atoms with E-state index in [9.17, 15) is 9.59 Å². The average molecular weight is 312 g/mol. The third-order valence-electron chi connectivity index (χ3n) is 3.34. The Labute approximate surface area is 135 Å². The molecule has 0 heterocycles. The summed E-state index contributed by atoms with van der Waals surface area (Å²) < 4.78 is 4.75. The quantitative estimate of drug-likeness (QED) is 0.862. The van der Waals surface area contributed by atoms with Gasteiger partial charge in [-0.05, 0) is 42.3 Å². The molecule has 0 aliphatic carbocycles. The molecule has 0 radical (unpaired) electrons. The number of hydrogen-bond acceptors (Lipinski definition) is 3. The lowest BCUT2D eigenvalue weighted by Gasteiger charge is -2.09. The van der Waals surface area contributed by atoms with Crippen molar-refractivity contribution >= 4 is 23.2 Å². The highest BCUT2D eigenvalue weighted by Crippen LogP contribution is 2.15. The zero-order valence-corrected chi connectivity index (χ0v) is 13.3. The molecular formula is C18H20N2O3. The van der Waals surface area contributed by atoms with E-state index in [2.05, 4.69) is 10.6 Å². The molecule has 0 spiro atoms. The number of hydrogen-bond donors (Lipinski definition) is 2. The van der Waals surface area contributed by atoms with E-state index in [0.717, 1.165) is 11.1 Å². The number of nitrogens with one attached hydrogen (secondary N) is 2. The van der Waals surface area contributed by atoms with Gasteiger partial charge in [0.15, 0.2) is 0 Å². The molecule has 5 nitrogen and oxygen atoms in total. The first kappa shape index (κ1) is 16.7. The third kappa shape index (κ3) is 5.23. The van der Waals surface area contributed by atoms with Crippen LogP contribution in [0, 0.1) is 6.92 Å². The zero-order valence-electron chi connectivity index (χ0n) is 13.3. The first-order valence-electron chi connectivity index (χ1n) is 7.31. The second kappa shape index (κ2) is 8.10. The first-order chi connectivity index (χ1) is 11.1. The van der Waals surface area contributed by atoms with Crippen LogP contribution in [0.15, 0.2) is 48.5 Å². The van der Waals surface area contributed by atoms with Gasteiger partial charge in [0.25, 0.3) is 0 Å². The number of rotatable bonds is 6. The number of methoxy groups -OCH3 is 1. The van der Waals surface area contributed by atoms with Gasteiger partial charge >= 0.3 is 0 Å². The Balaban J connectivity index is 1.91. The summed E-state index contributed by atoms with van der Waals surface area (Å²) in [6, 6.07) is 14.8. The van der Waals surface area contributed by atoms with Gasteiger partial charge in [-0.15, -0.1) is 0 Å². The number of carbonyl (C=O) groups excluding carboxylic acids is 2. The first-order valence-corrected chi connectivity index (χ1v) is 7.31. The fourth-order valence-electron chi connectivity index (χ4n) is 2.15. The van der Waals surface area contributed by atoms with E-state index in [4.69, 9.17) is 4.74 Å². The monoisotopic (exact) mass is 312 g/mol. The lowest BCUT2D eigenvalue weighted by atomic mass is 10.1. The molecule has 2 rings (SSSR count). The van der Waals surface area contributed by atoms with Crippen molar-refractivity contribution in [3.05, 3.63) is 59.7 Å². The van der Waals surface area contributed by atoms with Crippen LogP contribution in [0.4, 0.5) is 11.4 Å². The SMILES string of the molecule is COCC(=O)Nc1ccc(NC(=O)Cc2ccccc2C)cc1. The molecular weight excluding hydrogens is 292 g/mol. The van der Waals surface area contributed by atoms with Gasteiger partial charge in [0.2, 0.25) is 11.8 Å². The molecule has 0 fully saturated rings. The molecule has 2 amide bonds. The molecule has 2 aromatic carbocycles. The van der Waals surface area contributed by atoms with Crippen LogP contribution < -0.4 is 10.6 Å². The van der Waals surface area contributed by atoms with E-state index in [0.29, 0.717) is 17.8 Å². The summed E-state index contributed by atoms with van der Waals surface area (Å²) in [4.78, 5) is 23.5. The van der Waals surface area contributed by atoms with E-state index in [1.807, 2.05) is 31.2 Å². The fraction of sp³-hybridized carbons (Fsp3) is 0.222. The molecule has 23 heavy (non-hydrogen) atoms. The largest absolute Gasteiger partial charge is 0.375 e. The molecule has 5 heteroatoms. The summed E-state index contributed by atoms with van der Waals surface area (Å²) in [5.41, 5.74) is 3.45. The van der Waals surface area contributed by atoms with Gasteiger partial charge in [-0.3, -0.25) is 9.59 Å². The lowest BCUT2D eigenvalue weighted by molar-refractivity contribution is -0.119. The Hall–Kier alpha value is -2.66. The fourth-order valence-corrected chi connectivity index (χ4v) is 2.15. The van der Waals surface area contributed by atoms with Crippen LogP contribution in [-0.2, 0) is 20.7 Å². The Bertz CT molecular complexity index is 681. The van der Waals surface area contributed by atoms with Gasteiger partial charge in [0.1, 0.15) is 6.61 Å². The summed E-state index contributed by atoms with van der Waals surface area (Å²) in [6.07, 6.45) is 0.332. The number of anilines is 2. The van der Waals surface area contributed by atoms with E-state index in [-0.39, 0.29) is 18.4 Å². The van der Waals surface area contributed by atoms with Gasteiger partial charge in [-0.25, -0.2) is 0 Å². The molecule has 0 unspecified atom stereocenters. The van der Waals surface area contributed by atoms with E-state index in [1.54, 1.807) is 24.3 Å². The predicted molar refractivity (Wildman–Crippen MR) is 90.5 cm³/mol. The molecule has 0 saturated heterocycles. The molecule has 0 aliphatic heterocycles. The Morgan fingerprint density at radius 3 is 2.04 bits per heavy atom. The standard InChI is InChI=1S/C18H20N2O3/c1-13-5-3-4-6-14(13)11-17(21)19-15-7-9-16(10-8-15)20-18(22)12-23-2/h3-10H,11-12H2,1-2H3,(H,19,21)(H,20,22). The van der Waals surface area contributed by atoms with E-state index >= 15 is 0 Å². The molecule has 0 atom stereocenters. The molecule has 2 aromatic rings. The summed E-state index contributed by atoms with van der Waals surface area (Å²) in [7, 11) is 1.46. The maximum atomic E-state index is 12.1. The predicted octanol–water partition coefficient (Wildman–Crippen LogP) is 2.76. The number of carbonyl (C=O) groups is 2. The molecule has 2 N–H and O–H groups in total. The molecule has 0 saturated carbocycles. The van der Waals surface area contributed by atoms with Crippen molar-refractivity contribution in [1.29, 1.82) is 0 Å². The van der Waals surface area contributed by atoms with Gasteiger partial charge < -0.3 is 15.4 Å². The number of benzene rings is 2. The van der Waals surface area contributed by atoms with Crippen LogP contribution >= 0.6 is 0 Å². The van der Waals surface area contributed by atoms with Crippen molar-refractivity contribution in [2.45, 2.75) is 13.3 Å². The van der Waals surface area contributed by atoms with Crippen LogP contribution in [0.25, 0.3) is 0 Å². The Morgan fingerprint density at radius 1 is 0.913 bits per heavy atom. The second-order valence-electron chi connectivity index (χ2n) is 5.21. The summed E-state index contributed by atoms with van der Waals surface area (Å²) in [6.45, 7) is 2.00. The van der Waals surface area contributed by atoms with Crippen LogP contribution in [0.3, 0.4) is 0 Å². The summed E-state index contributed by atoms with van der Waals surface area (Å²) in [5.74, 6) is -0.292. The number of aryl methyl sites for hydroxylation is 1. The topological polar surface area (TPSA) is 67.4 Å². The minimum Gasteiger partial charge on any atom is -0.375 e. The minimum absolute atomic E-state index is 0.00884. The van der Waals surface area contributed by atoms with Crippen molar-refractivity contribution in [2.24, 2.45) is 0 Å². The summed E-state index contributed by atoms with van der Waals surface area (Å²) >= 11 is 0. The van der Waals surface area contributed by atoms with Crippen LogP contribution in [-0.4, -0.2) is 25.5 Å². The van der Waals surface area contributed by atoms with E-state index < -0.39 is 0 Å². The minimum atomic E-state index is -0.219. The highest BCUT2D eigenvalue weighted by atomic mass is 16.5. The Kier molecular flexibility index (Phi) is 5.88. The number of amides is 2. The third-order valence-corrected chi connectivity index (χ3v) is 3.34. The van der Waals surface area contributed by atoms with Crippen molar-refractivity contribution in [3.63, 3.8) is 0 Å². The number of ether oxygens (including phenoxy) is 1. The van der Waals surface area contributed by atoms with Crippen LogP contribution in [0.2, 0.25) is 0 Å². The van der Waals surface area contributed by atoms with Crippen molar-refractivity contribution < 1.29 is 14.3 Å².